The van der Waals surface area contributed by atoms with E-state index in [1.54, 1.807) is 0 Å². The predicted octanol–water partition coefficient (Wildman–Crippen LogP) is -0.126. The summed E-state index contributed by atoms with van der Waals surface area (Å²) >= 11 is 6.05. The maximum Gasteiger partial charge on any atom is 0.274 e. The van der Waals surface area contributed by atoms with Crippen LogP contribution in [0.4, 0.5) is 0 Å². The van der Waals surface area contributed by atoms with E-state index >= 15 is 0 Å². The van der Waals surface area contributed by atoms with E-state index in [0.29, 0.717) is 0 Å². The topological polar surface area (TPSA) is 3.88 Å². The van der Waals surface area contributed by atoms with Crippen LogP contribution < -0.4 is 21.5 Å². The van der Waals surface area contributed by atoms with Crippen LogP contribution in [0.2, 0.25) is 5.15 Å². The Hall–Kier alpha value is -0.860. The third kappa shape index (κ3) is 3.62. The van der Waals surface area contributed by atoms with Crippen molar-refractivity contribution in [1.82, 2.24) is 0 Å². The Balaban J connectivity index is 0.00000128. The molecule has 0 unspecified atom stereocenters. The summed E-state index contributed by atoms with van der Waals surface area (Å²) in [5.74, 6) is 0. The summed E-state index contributed by atoms with van der Waals surface area (Å²) < 4.78 is 2.05. The molecule has 0 N–H and O–H groups in total. The fraction of sp³-hybridized carbons (Fsp3) is 0.154. The van der Waals surface area contributed by atoms with Gasteiger partial charge in [0.25, 0.3) is 5.15 Å². The zero-order chi connectivity index (χ0) is 10.5. The molecular formula is C13H13BrClN. The summed E-state index contributed by atoms with van der Waals surface area (Å²) in [7, 11) is 0. The minimum atomic E-state index is 0. The molecule has 3 heteroatoms. The standard InChI is InChI=1S/C13H13ClN.BrH/c14-13-8-4-5-10-15(13)11-9-12-6-2-1-3-7-12;/h1-8,10H,9,11H2;1H/q+1;/p-1. The fourth-order valence-corrected chi connectivity index (χ4v) is 1.74. The lowest BCUT2D eigenvalue weighted by Gasteiger charge is -1.99. The highest BCUT2D eigenvalue weighted by Crippen LogP contribution is 2.02. The first kappa shape index (κ1) is 13.2. The van der Waals surface area contributed by atoms with Crippen LogP contribution in [0.3, 0.4) is 0 Å². The molecule has 2 rings (SSSR count). The molecule has 0 bridgehead atoms. The maximum atomic E-state index is 6.05. The maximum absolute atomic E-state index is 6.05. The zero-order valence-corrected chi connectivity index (χ0v) is 11.2. The summed E-state index contributed by atoms with van der Waals surface area (Å²) in [5, 5.41) is 0.786. The highest BCUT2D eigenvalue weighted by molar-refractivity contribution is 6.28. The average molecular weight is 299 g/mol. The van der Waals surface area contributed by atoms with Gasteiger partial charge in [-0.05, 0) is 23.2 Å². The molecule has 0 fully saturated rings. The van der Waals surface area contributed by atoms with Gasteiger partial charge in [0.05, 0.1) is 0 Å². The lowest BCUT2D eigenvalue weighted by atomic mass is 10.1. The Morgan fingerprint density at radius 3 is 2.31 bits per heavy atom. The zero-order valence-electron chi connectivity index (χ0n) is 8.81. The van der Waals surface area contributed by atoms with Crippen LogP contribution in [0.15, 0.2) is 54.7 Å². The Kier molecular flexibility index (Phi) is 5.50. The molecular weight excluding hydrogens is 286 g/mol. The lowest BCUT2D eigenvalue weighted by Crippen LogP contribution is -3.00. The number of aromatic nitrogens is 1. The summed E-state index contributed by atoms with van der Waals surface area (Å²) in [6.45, 7) is 0.920. The molecule has 84 valence electrons. The minimum Gasteiger partial charge on any atom is -1.00 e. The van der Waals surface area contributed by atoms with Gasteiger partial charge in [0.1, 0.15) is 0 Å². The Labute approximate surface area is 111 Å². The molecule has 0 aliphatic rings. The molecule has 0 radical (unpaired) electrons. The van der Waals surface area contributed by atoms with E-state index in [-0.39, 0.29) is 17.0 Å². The van der Waals surface area contributed by atoms with Crippen molar-refractivity contribution < 1.29 is 21.5 Å². The van der Waals surface area contributed by atoms with Gasteiger partial charge in [-0.15, -0.1) is 0 Å². The molecule has 2 aromatic rings. The number of pyridine rings is 1. The van der Waals surface area contributed by atoms with Crippen molar-refractivity contribution in [3.63, 3.8) is 0 Å². The highest BCUT2D eigenvalue weighted by atomic mass is 79.9. The van der Waals surface area contributed by atoms with Gasteiger partial charge in [0.15, 0.2) is 12.7 Å². The summed E-state index contributed by atoms with van der Waals surface area (Å²) in [6, 6.07) is 16.3. The van der Waals surface area contributed by atoms with E-state index in [9.17, 15) is 0 Å². The Morgan fingerprint density at radius 1 is 0.938 bits per heavy atom. The van der Waals surface area contributed by atoms with E-state index in [2.05, 4.69) is 28.8 Å². The van der Waals surface area contributed by atoms with Crippen LogP contribution in [0, 0.1) is 0 Å². The molecule has 1 aromatic carbocycles. The van der Waals surface area contributed by atoms with Crippen LogP contribution >= 0.6 is 11.6 Å². The third-order valence-corrected chi connectivity index (χ3v) is 2.71. The number of nitrogens with zero attached hydrogens (tertiary/aromatic N) is 1. The smallest absolute Gasteiger partial charge is 0.274 e. The van der Waals surface area contributed by atoms with E-state index in [1.165, 1.54) is 5.56 Å². The SMILES string of the molecule is Clc1cccc[n+]1CCc1ccccc1.[Br-]. The number of halogens is 2. The molecule has 0 aliphatic heterocycles. The number of benzene rings is 1. The molecule has 16 heavy (non-hydrogen) atoms. The second-order valence-electron chi connectivity index (χ2n) is 3.45. The van der Waals surface area contributed by atoms with Crippen molar-refractivity contribution in [1.29, 1.82) is 0 Å². The van der Waals surface area contributed by atoms with Gasteiger partial charge in [-0.2, -0.15) is 4.57 Å². The van der Waals surface area contributed by atoms with Gasteiger partial charge in [-0.25, -0.2) is 0 Å². The lowest BCUT2D eigenvalue weighted by molar-refractivity contribution is -0.694. The van der Waals surface area contributed by atoms with Crippen molar-refractivity contribution in [2.75, 3.05) is 0 Å². The second-order valence-corrected chi connectivity index (χ2v) is 3.84. The van der Waals surface area contributed by atoms with Crippen LogP contribution in [0.25, 0.3) is 0 Å². The summed E-state index contributed by atoms with van der Waals surface area (Å²) in [4.78, 5) is 0. The van der Waals surface area contributed by atoms with Crippen LogP contribution in [0.1, 0.15) is 5.56 Å². The number of hydrogen-bond donors (Lipinski definition) is 0. The molecule has 0 saturated heterocycles. The molecule has 1 heterocycles. The van der Waals surface area contributed by atoms with Gasteiger partial charge < -0.3 is 17.0 Å². The molecule has 0 amide bonds. The highest BCUT2D eigenvalue weighted by Gasteiger charge is 2.05. The molecule has 0 spiro atoms. The summed E-state index contributed by atoms with van der Waals surface area (Å²) in [5.41, 5.74) is 1.34. The molecule has 0 aliphatic carbocycles. The third-order valence-electron chi connectivity index (χ3n) is 2.37. The van der Waals surface area contributed by atoms with Crippen molar-refractivity contribution in [3.8, 4) is 0 Å². The van der Waals surface area contributed by atoms with Gasteiger partial charge >= 0.3 is 0 Å². The predicted molar refractivity (Wildman–Crippen MR) is 61.8 cm³/mol. The number of aryl methyl sites for hydroxylation is 2. The first-order valence-corrected chi connectivity index (χ1v) is 5.42. The van der Waals surface area contributed by atoms with Gasteiger partial charge in [0, 0.05) is 18.6 Å². The molecule has 1 nitrogen and oxygen atoms in total. The van der Waals surface area contributed by atoms with Crippen LogP contribution in [-0.4, -0.2) is 0 Å². The minimum absolute atomic E-state index is 0. The van der Waals surface area contributed by atoms with Crippen molar-refractivity contribution in [3.05, 3.63) is 65.4 Å². The fourth-order valence-electron chi connectivity index (χ4n) is 1.53. The van der Waals surface area contributed by atoms with E-state index in [0.717, 1.165) is 18.1 Å². The quantitative estimate of drug-likeness (QED) is 0.549. The average Bonchev–Trinajstić information content (AvgIpc) is 2.29. The molecule has 0 atom stereocenters. The number of hydrogen-bond acceptors (Lipinski definition) is 0. The van der Waals surface area contributed by atoms with Gasteiger partial charge in [-0.3, -0.25) is 0 Å². The van der Waals surface area contributed by atoms with Crippen LogP contribution in [-0.2, 0) is 13.0 Å². The largest absolute Gasteiger partial charge is 1.00 e. The second kappa shape index (κ2) is 6.66. The van der Waals surface area contributed by atoms with Crippen LogP contribution in [0.5, 0.6) is 0 Å². The molecule has 1 aromatic heterocycles. The van der Waals surface area contributed by atoms with Crippen molar-refractivity contribution in [2.45, 2.75) is 13.0 Å². The normalized spacial score (nSPS) is 9.56. The molecule has 0 saturated carbocycles. The Bertz CT molecular complexity index is 431. The monoisotopic (exact) mass is 297 g/mol. The van der Waals surface area contributed by atoms with Gasteiger partial charge in [-0.1, -0.05) is 30.3 Å². The van der Waals surface area contributed by atoms with E-state index in [4.69, 9.17) is 11.6 Å². The Morgan fingerprint density at radius 2 is 1.62 bits per heavy atom. The first-order valence-electron chi connectivity index (χ1n) is 5.04. The summed E-state index contributed by atoms with van der Waals surface area (Å²) in [6.07, 6.45) is 3.01. The number of rotatable bonds is 3. The van der Waals surface area contributed by atoms with Crippen molar-refractivity contribution in [2.24, 2.45) is 0 Å². The van der Waals surface area contributed by atoms with Gasteiger partial charge in [0.2, 0.25) is 0 Å². The first-order chi connectivity index (χ1) is 7.36. The van der Waals surface area contributed by atoms with E-state index < -0.39 is 0 Å². The van der Waals surface area contributed by atoms with E-state index in [1.807, 2.05) is 30.5 Å². The van der Waals surface area contributed by atoms with Crippen molar-refractivity contribution >= 4 is 11.6 Å².